The van der Waals surface area contributed by atoms with E-state index in [-0.39, 0.29) is 6.61 Å². The van der Waals surface area contributed by atoms with Gasteiger partial charge in [0.15, 0.2) is 0 Å². The number of hydrogen-bond acceptors (Lipinski definition) is 7. The van der Waals surface area contributed by atoms with E-state index in [0.29, 0.717) is 53.3 Å². The van der Waals surface area contributed by atoms with Crippen molar-refractivity contribution in [1.82, 2.24) is 4.90 Å². The molecule has 1 saturated heterocycles. The molecule has 6 rings (SSSR count). The van der Waals surface area contributed by atoms with Gasteiger partial charge < -0.3 is 19.0 Å². The van der Waals surface area contributed by atoms with E-state index in [0.717, 1.165) is 28.3 Å². The van der Waals surface area contributed by atoms with Crippen molar-refractivity contribution in [2.75, 3.05) is 6.54 Å². The van der Waals surface area contributed by atoms with Crippen LogP contribution in [0.2, 0.25) is 0 Å². The van der Waals surface area contributed by atoms with Crippen LogP contribution in [0.15, 0.2) is 94.1 Å². The molecule has 8 heteroatoms. The van der Waals surface area contributed by atoms with Gasteiger partial charge in [-0.3, -0.25) is 9.69 Å². The number of carboxylic acid groups (broad SMARTS) is 1. The Kier molecular flexibility index (Phi) is 7.11. The molecule has 204 valence electrons. The highest BCUT2D eigenvalue weighted by molar-refractivity contribution is 6.05. The van der Waals surface area contributed by atoms with E-state index in [1.54, 1.807) is 24.3 Å². The molecule has 1 fully saturated rings. The van der Waals surface area contributed by atoms with E-state index in [1.807, 2.05) is 59.5 Å². The zero-order valence-corrected chi connectivity index (χ0v) is 22.1. The summed E-state index contributed by atoms with van der Waals surface area (Å²) in [6.45, 7) is 1.26. The fourth-order valence-corrected chi connectivity index (χ4v) is 5.33. The Labute approximate surface area is 235 Å². The topological polar surface area (TPSA) is 113 Å². The second kappa shape index (κ2) is 11.2. The minimum absolute atomic E-state index is 0.241. The number of carbonyl (C=O) groups is 1. The molecule has 0 spiro atoms. The van der Waals surface area contributed by atoms with Crippen LogP contribution in [-0.4, -0.2) is 28.6 Å². The van der Waals surface area contributed by atoms with E-state index in [9.17, 15) is 20.0 Å². The zero-order chi connectivity index (χ0) is 28.3. The monoisotopic (exact) mass is 546 g/mol. The molecule has 0 unspecified atom stereocenters. The maximum atomic E-state index is 12.6. The Morgan fingerprint density at radius 1 is 1.00 bits per heavy atom. The number of rotatable bonds is 8. The highest BCUT2D eigenvalue weighted by Gasteiger charge is 2.31. The molecule has 4 aromatic carbocycles. The van der Waals surface area contributed by atoms with Crippen LogP contribution in [0.1, 0.15) is 29.5 Å². The third kappa shape index (κ3) is 5.49. The van der Waals surface area contributed by atoms with Gasteiger partial charge in [0.2, 0.25) is 0 Å². The Bertz CT molecular complexity index is 1870. The smallest absolute Gasteiger partial charge is 0.339 e. The Hall–Kier alpha value is -5.13. The Balaban J connectivity index is 1.38. The fraction of sp³-hybridized carbons (Fsp3) is 0.182. The summed E-state index contributed by atoms with van der Waals surface area (Å²) in [5, 5.41) is 21.3. The van der Waals surface area contributed by atoms with Gasteiger partial charge in [-0.1, -0.05) is 48.5 Å². The number of benzene rings is 4. The zero-order valence-electron chi connectivity index (χ0n) is 22.1. The lowest BCUT2D eigenvalue weighted by atomic mass is 10.1. The minimum Gasteiger partial charge on any atom is -0.489 e. The van der Waals surface area contributed by atoms with Gasteiger partial charge in [-0.2, -0.15) is 5.26 Å². The van der Waals surface area contributed by atoms with Crippen molar-refractivity contribution in [3.8, 4) is 23.3 Å². The van der Waals surface area contributed by atoms with E-state index in [1.165, 1.54) is 6.07 Å². The third-order valence-corrected chi connectivity index (χ3v) is 7.34. The molecule has 0 aliphatic carbocycles. The molecule has 1 aliphatic heterocycles. The molecule has 0 amide bonds. The molecular formula is C33H26N2O6. The Morgan fingerprint density at radius 2 is 1.88 bits per heavy atom. The molecule has 8 nitrogen and oxygen atoms in total. The van der Waals surface area contributed by atoms with E-state index in [4.69, 9.17) is 13.9 Å². The van der Waals surface area contributed by atoms with Crippen LogP contribution >= 0.6 is 0 Å². The second-order valence-electron chi connectivity index (χ2n) is 10.0. The van der Waals surface area contributed by atoms with Crippen molar-refractivity contribution in [1.29, 1.82) is 5.26 Å². The molecule has 1 aliphatic rings. The largest absolute Gasteiger partial charge is 0.489 e. The summed E-state index contributed by atoms with van der Waals surface area (Å²) in [5.41, 5.74) is 2.05. The fourth-order valence-electron chi connectivity index (χ4n) is 5.33. The maximum Gasteiger partial charge on any atom is 0.339 e. The van der Waals surface area contributed by atoms with Crippen LogP contribution in [-0.2, 0) is 17.9 Å². The molecule has 5 aromatic rings. The van der Waals surface area contributed by atoms with Crippen molar-refractivity contribution in [2.45, 2.75) is 32.0 Å². The molecule has 0 saturated carbocycles. The number of fused-ring (bicyclic) bond motifs is 3. The van der Waals surface area contributed by atoms with Gasteiger partial charge in [0, 0.05) is 23.6 Å². The summed E-state index contributed by atoms with van der Waals surface area (Å²) in [5.74, 6) is 0.464. The second-order valence-corrected chi connectivity index (χ2v) is 10.0. The van der Waals surface area contributed by atoms with Gasteiger partial charge in [-0.05, 0) is 54.6 Å². The average Bonchev–Trinajstić information content (AvgIpc) is 3.46. The van der Waals surface area contributed by atoms with Crippen molar-refractivity contribution in [3.63, 3.8) is 0 Å². The first-order chi connectivity index (χ1) is 20.0. The van der Waals surface area contributed by atoms with Crippen LogP contribution in [0.25, 0.3) is 21.7 Å². The molecule has 1 atom stereocenters. The number of nitrogens with zero attached hydrogens (tertiary/aromatic N) is 2. The van der Waals surface area contributed by atoms with Gasteiger partial charge in [0.05, 0.1) is 23.1 Å². The quantitative estimate of drug-likeness (QED) is 0.180. The molecule has 41 heavy (non-hydrogen) atoms. The average molecular weight is 547 g/mol. The number of carboxylic acids is 1. The van der Waals surface area contributed by atoms with Crippen LogP contribution in [0.3, 0.4) is 0 Å². The number of ether oxygens (including phenoxy) is 2. The highest BCUT2D eigenvalue weighted by Crippen LogP contribution is 2.37. The van der Waals surface area contributed by atoms with Gasteiger partial charge in [-0.25, -0.2) is 4.79 Å². The summed E-state index contributed by atoms with van der Waals surface area (Å²) in [7, 11) is 0. The van der Waals surface area contributed by atoms with Gasteiger partial charge in [-0.15, -0.1) is 0 Å². The van der Waals surface area contributed by atoms with Gasteiger partial charge in [0.25, 0.3) is 0 Å². The van der Waals surface area contributed by atoms with Crippen LogP contribution < -0.4 is 15.1 Å². The summed E-state index contributed by atoms with van der Waals surface area (Å²) >= 11 is 0. The molecule has 0 bridgehead atoms. The SMILES string of the molecule is N#Cc1cccc(COc2ccc(CN3CCC[C@@H]3C(=O)O)c(Oc3cc(=O)oc4c3ccc3ccccc34)c2)c1. The predicted molar refractivity (Wildman–Crippen MR) is 153 cm³/mol. The first-order valence-corrected chi connectivity index (χ1v) is 13.3. The van der Waals surface area contributed by atoms with Gasteiger partial charge in [0.1, 0.15) is 35.5 Å². The first kappa shape index (κ1) is 26.1. The Morgan fingerprint density at radius 3 is 2.73 bits per heavy atom. The number of nitriles is 1. The minimum atomic E-state index is -0.844. The third-order valence-electron chi connectivity index (χ3n) is 7.34. The van der Waals surface area contributed by atoms with Crippen molar-refractivity contribution >= 4 is 27.7 Å². The lowest BCUT2D eigenvalue weighted by molar-refractivity contribution is -0.142. The summed E-state index contributed by atoms with van der Waals surface area (Å²) in [6, 6.07) is 26.9. The highest BCUT2D eigenvalue weighted by atomic mass is 16.5. The maximum absolute atomic E-state index is 12.6. The lowest BCUT2D eigenvalue weighted by Crippen LogP contribution is -2.35. The lowest BCUT2D eigenvalue weighted by Gasteiger charge is -2.23. The van der Waals surface area contributed by atoms with E-state index < -0.39 is 17.6 Å². The molecule has 1 aromatic heterocycles. The van der Waals surface area contributed by atoms with Crippen molar-refractivity contribution in [2.24, 2.45) is 0 Å². The first-order valence-electron chi connectivity index (χ1n) is 13.3. The summed E-state index contributed by atoms with van der Waals surface area (Å²) < 4.78 is 18.1. The van der Waals surface area contributed by atoms with Gasteiger partial charge >= 0.3 is 11.6 Å². The number of likely N-dealkylation sites (tertiary alicyclic amines) is 1. The molecule has 0 radical (unpaired) electrons. The van der Waals surface area contributed by atoms with E-state index >= 15 is 0 Å². The van der Waals surface area contributed by atoms with Crippen molar-refractivity contribution < 1.29 is 23.8 Å². The standard InChI is InChI=1S/C33H26N2O6/c34-18-21-5-3-6-22(15-21)20-39-25-12-10-24(19-35-14-4-9-28(35)33(37)38)29(16-25)40-30-17-31(36)41-32-26-8-2-1-7-23(26)11-13-27(30)32/h1-3,5-8,10-13,15-17,28H,4,9,14,19-20H2,(H,37,38)/t28-/m1/s1. The summed E-state index contributed by atoms with van der Waals surface area (Å²) in [6.07, 6.45) is 1.39. The summed E-state index contributed by atoms with van der Waals surface area (Å²) in [4.78, 5) is 26.4. The molecular weight excluding hydrogens is 520 g/mol. The predicted octanol–water partition coefficient (Wildman–Crippen LogP) is 6.24. The normalized spacial score (nSPS) is 15.1. The van der Waals surface area contributed by atoms with E-state index in [2.05, 4.69) is 6.07 Å². The van der Waals surface area contributed by atoms with Crippen LogP contribution in [0.4, 0.5) is 0 Å². The number of hydrogen-bond donors (Lipinski definition) is 1. The van der Waals surface area contributed by atoms with Crippen LogP contribution in [0, 0.1) is 11.3 Å². The molecule has 2 heterocycles. The van der Waals surface area contributed by atoms with Crippen LogP contribution in [0.5, 0.6) is 17.2 Å². The number of aliphatic carboxylic acids is 1. The molecule has 1 N–H and O–H groups in total. The van der Waals surface area contributed by atoms with Crippen molar-refractivity contribution in [3.05, 3.63) is 112 Å².